The Morgan fingerprint density at radius 2 is 2.38 bits per heavy atom. The molecule has 4 heteroatoms. The average Bonchev–Trinajstić information content (AvgIpc) is 2.72. The lowest BCUT2D eigenvalue weighted by atomic mass is 10.1. The Kier molecular flexibility index (Phi) is 1.90. The molecule has 1 N–H and O–H groups in total. The molecule has 0 bridgehead atoms. The number of hydrogen-bond donors (Lipinski definition) is 1. The molecule has 1 aliphatic heterocycles. The van der Waals surface area contributed by atoms with Gasteiger partial charge in [0.15, 0.2) is 12.2 Å². The fraction of sp³-hybridized carbons (Fsp3) is 0.222. The molecule has 1 aromatic rings. The van der Waals surface area contributed by atoms with Crippen molar-refractivity contribution in [3.05, 3.63) is 36.3 Å². The monoisotopic (exact) mass is 180 g/mol. The number of aliphatic hydroxyl groups excluding tert-OH is 1. The van der Waals surface area contributed by atoms with Crippen LogP contribution in [-0.2, 0) is 9.53 Å². The standard InChI is InChI=1S/C9H8O4/c10-8-4-3-7(13-8)9(11)6-2-1-5-12-6/h1-5,7,9,11H/t7-,9+/m1/s1. The molecule has 2 atom stereocenters. The number of esters is 1. The lowest BCUT2D eigenvalue weighted by Gasteiger charge is -2.13. The van der Waals surface area contributed by atoms with Crippen LogP contribution in [0.25, 0.3) is 0 Å². The largest absolute Gasteiger partial charge is 0.466 e. The van der Waals surface area contributed by atoms with Gasteiger partial charge in [-0.05, 0) is 18.2 Å². The van der Waals surface area contributed by atoms with Crippen molar-refractivity contribution in [1.29, 1.82) is 0 Å². The predicted octanol–water partition coefficient (Wildman–Crippen LogP) is 0.795. The van der Waals surface area contributed by atoms with E-state index in [1.807, 2.05) is 0 Å². The van der Waals surface area contributed by atoms with Crippen molar-refractivity contribution >= 4 is 5.97 Å². The Bertz CT molecular complexity index is 325. The van der Waals surface area contributed by atoms with Gasteiger partial charge in [0.2, 0.25) is 0 Å². The molecule has 0 aromatic carbocycles. The van der Waals surface area contributed by atoms with Gasteiger partial charge in [-0.15, -0.1) is 0 Å². The third-order valence-corrected chi connectivity index (χ3v) is 1.82. The lowest BCUT2D eigenvalue weighted by molar-refractivity contribution is -0.143. The third-order valence-electron chi connectivity index (χ3n) is 1.82. The second kappa shape index (κ2) is 3.06. The molecule has 0 saturated heterocycles. The second-order valence-electron chi connectivity index (χ2n) is 2.72. The predicted molar refractivity (Wildman–Crippen MR) is 42.7 cm³/mol. The summed E-state index contributed by atoms with van der Waals surface area (Å²) in [6, 6.07) is 3.30. The van der Waals surface area contributed by atoms with Gasteiger partial charge in [-0.25, -0.2) is 4.79 Å². The SMILES string of the molecule is O=C1C=C[C@H]([C@@H](O)c2ccco2)O1. The quantitative estimate of drug-likeness (QED) is 0.683. The Morgan fingerprint density at radius 1 is 1.54 bits per heavy atom. The molecule has 68 valence electrons. The van der Waals surface area contributed by atoms with Crippen molar-refractivity contribution in [3.8, 4) is 0 Å². The average molecular weight is 180 g/mol. The van der Waals surface area contributed by atoms with Gasteiger partial charge in [-0.2, -0.15) is 0 Å². The van der Waals surface area contributed by atoms with Crippen LogP contribution in [0.3, 0.4) is 0 Å². The van der Waals surface area contributed by atoms with Gasteiger partial charge in [0.05, 0.1) is 6.26 Å². The number of furan rings is 1. The van der Waals surface area contributed by atoms with E-state index in [0.29, 0.717) is 5.76 Å². The number of hydrogen-bond acceptors (Lipinski definition) is 4. The molecule has 0 aliphatic carbocycles. The Labute approximate surface area is 74.4 Å². The Hall–Kier alpha value is -1.55. The van der Waals surface area contributed by atoms with Gasteiger partial charge in [0.25, 0.3) is 0 Å². The summed E-state index contributed by atoms with van der Waals surface area (Å²) in [6.45, 7) is 0. The van der Waals surface area contributed by atoms with Crippen LogP contribution < -0.4 is 0 Å². The highest BCUT2D eigenvalue weighted by atomic mass is 16.6. The first kappa shape index (κ1) is 8.07. The molecule has 0 fully saturated rings. The van der Waals surface area contributed by atoms with E-state index in [2.05, 4.69) is 0 Å². The summed E-state index contributed by atoms with van der Waals surface area (Å²) in [5, 5.41) is 9.60. The summed E-state index contributed by atoms with van der Waals surface area (Å²) in [7, 11) is 0. The highest BCUT2D eigenvalue weighted by molar-refractivity contribution is 5.84. The molecule has 13 heavy (non-hydrogen) atoms. The Morgan fingerprint density at radius 3 is 2.92 bits per heavy atom. The van der Waals surface area contributed by atoms with E-state index in [4.69, 9.17) is 9.15 Å². The highest BCUT2D eigenvalue weighted by Crippen LogP contribution is 2.23. The molecule has 1 aromatic heterocycles. The molecular formula is C9H8O4. The van der Waals surface area contributed by atoms with E-state index in [-0.39, 0.29) is 0 Å². The molecular weight excluding hydrogens is 172 g/mol. The first-order valence-corrected chi connectivity index (χ1v) is 3.87. The lowest BCUT2D eigenvalue weighted by Crippen LogP contribution is -2.17. The van der Waals surface area contributed by atoms with Crippen LogP contribution in [0.4, 0.5) is 0 Å². The van der Waals surface area contributed by atoms with Crippen LogP contribution in [0.1, 0.15) is 11.9 Å². The topological polar surface area (TPSA) is 59.7 Å². The zero-order chi connectivity index (χ0) is 9.26. The zero-order valence-electron chi connectivity index (χ0n) is 6.71. The minimum atomic E-state index is -0.919. The van der Waals surface area contributed by atoms with E-state index in [0.717, 1.165) is 0 Å². The summed E-state index contributed by atoms with van der Waals surface area (Å²) in [5.74, 6) is -0.0417. The van der Waals surface area contributed by atoms with Crippen molar-refractivity contribution < 1.29 is 19.1 Å². The van der Waals surface area contributed by atoms with Crippen LogP contribution >= 0.6 is 0 Å². The van der Waals surface area contributed by atoms with Gasteiger partial charge < -0.3 is 14.3 Å². The summed E-state index contributed by atoms with van der Waals surface area (Å²) >= 11 is 0. The Balaban J connectivity index is 2.11. The van der Waals surface area contributed by atoms with Crippen LogP contribution in [0.2, 0.25) is 0 Å². The number of rotatable bonds is 2. The third kappa shape index (κ3) is 1.48. The van der Waals surface area contributed by atoms with E-state index < -0.39 is 18.2 Å². The van der Waals surface area contributed by atoms with Gasteiger partial charge in [0, 0.05) is 6.08 Å². The van der Waals surface area contributed by atoms with E-state index >= 15 is 0 Å². The second-order valence-corrected chi connectivity index (χ2v) is 2.72. The van der Waals surface area contributed by atoms with Crippen molar-refractivity contribution in [2.45, 2.75) is 12.2 Å². The summed E-state index contributed by atoms with van der Waals surface area (Å²) in [6.07, 6.45) is 2.71. The molecule has 1 aliphatic rings. The van der Waals surface area contributed by atoms with Crippen LogP contribution in [0.15, 0.2) is 35.0 Å². The fourth-order valence-electron chi connectivity index (χ4n) is 1.18. The molecule has 0 spiro atoms. The van der Waals surface area contributed by atoms with E-state index in [1.165, 1.54) is 18.4 Å². The molecule has 2 heterocycles. The zero-order valence-corrected chi connectivity index (χ0v) is 6.71. The van der Waals surface area contributed by atoms with Crippen molar-refractivity contribution in [2.75, 3.05) is 0 Å². The summed E-state index contributed by atoms with van der Waals surface area (Å²) < 4.78 is 9.75. The minimum Gasteiger partial charge on any atom is -0.466 e. The first-order valence-electron chi connectivity index (χ1n) is 3.87. The van der Waals surface area contributed by atoms with Gasteiger partial charge >= 0.3 is 5.97 Å². The van der Waals surface area contributed by atoms with Crippen molar-refractivity contribution in [3.63, 3.8) is 0 Å². The highest BCUT2D eigenvalue weighted by Gasteiger charge is 2.27. The summed E-state index contributed by atoms with van der Waals surface area (Å²) in [5.41, 5.74) is 0. The molecule has 0 radical (unpaired) electrons. The maximum absolute atomic E-state index is 10.7. The normalized spacial score (nSPS) is 23.2. The number of carbonyl (C=O) groups excluding carboxylic acids is 1. The van der Waals surface area contributed by atoms with E-state index in [9.17, 15) is 9.90 Å². The molecule has 0 unspecified atom stereocenters. The molecule has 0 amide bonds. The molecule has 0 saturated carbocycles. The first-order chi connectivity index (χ1) is 6.27. The minimum absolute atomic E-state index is 0.393. The van der Waals surface area contributed by atoms with Gasteiger partial charge in [-0.1, -0.05) is 0 Å². The maximum Gasteiger partial charge on any atom is 0.331 e. The smallest absolute Gasteiger partial charge is 0.331 e. The van der Waals surface area contributed by atoms with Crippen molar-refractivity contribution in [2.24, 2.45) is 0 Å². The van der Waals surface area contributed by atoms with Gasteiger partial charge in [-0.3, -0.25) is 0 Å². The van der Waals surface area contributed by atoms with Gasteiger partial charge in [0.1, 0.15) is 5.76 Å². The van der Waals surface area contributed by atoms with Crippen LogP contribution in [0.5, 0.6) is 0 Å². The van der Waals surface area contributed by atoms with Crippen LogP contribution in [-0.4, -0.2) is 17.2 Å². The number of ether oxygens (including phenoxy) is 1. The van der Waals surface area contributed by atoms with Crippen LogP contribution in [0, 0.1) is 0 Å². The number of cyclic esters (lactones) is 1. The molecule has 4 nitrogen and oxygen atoms in total. The summed E-state index contributed by atoms with van der Waals surface area (Å²) in [4.78, 5) is 10.7. The van der Waals surface area contributed by atoms with Crippen molar-refractivity contribution in [1.82, 2.24) is 0 Å². The number of carbonyl (C=O) groups is 1. The van der Waals surface area contributed by atoms with E-state index in [1.54, 1.807) is 12.1 Å². The molecule has 2 rings (SSSR count). The fourth-order valence-corrected chi connectivity index (χ4v) is 1.18. The maximum atomic E-state index is 10.7. The number of aliphatic hydroxyl groups is 1.